The third-order valence-corrected chi connectivity index (χ3v) is 7.18. The van der Waals surface area contributed by atoms with E-state index >= 15 is 0 Å². The van der Waals surface area contributed by atoms with Crippen molar-refractivity contribution in [1.82, 2.24) is 15.5 Å². The molecule has 1 saturated heterocycles. The van der Waals surface area contributed by atoms with Gasteiger partial charge in [-0.3, -0.25) is 14.5 Å². The Morgan fingerprint density at radius 3 is 2.35 bits per heavy atom. The van der Waals surface area contributed by atoms with E-state index in [1.807, 2.05) is 6.07 Å². The summed E-state index contributed by atoms with van der Waals surface area (Å²) in [6, 6.07) is 14.2. The molecule has 0 spiro atoms. The van der Waals surface area contributed by atoms with Gasteiger partial charge in [0.1, 0.15) is 0 Å². The van der Waals surface area contributed by atoms with E-state index in [0.29, 0.717) is 12.0 Å². The summed E-state index contributed by atoms with van der Waals surface area (Å²) in [4.78, 5) is 27.1. The first-order valence-electron chi connectivity index (χ1n) is 12.7. The summed E-state index contributed by atoms with van der Waals surface area (Å²) in [5, 5.41) is 16.6. The number of carbonyl (C=O) groups excluding carboxylic acids is 2. The first-order valence-corrected chi connectivity index (χ1v) is 12.7. The highest BCUT2D eigenvalue weighted by Gasteiger charge is 2.36. The van der Waals surface area contributed by atoms with Crippen LogP contribution >= 0.6 is 0 Å². The van der Waals surface area contributed by atoms with Crippen molar-refractivity contribution in [3.63, 3.8) is 0 Å². The van der Waals surface area contributed by atoms with Crippen LogP contribution in [0.4, 0.5) is 18.9 Å². The average Bonchev–Trinajstić information content (AvgIpc) is 2.88. The van der Waals surface area contributed by atoms with Gasteiger partial charge >= 0.3 is 6.18 Å². The summed E-state index contributed by atoms with van der Waals surface area (Å²) in [7, 11) is 0. The molecule has 1 saturated carbocycles. The number of halogens is 3. The fraction of sp³-hybridized carbons (Fsp3) is 0.481. The Balaban J connectivity index is 1.19. The standard InChI is InChI=1S/C27H33F3N4O3/c28-27(29,30)23-14-20(8-11-24(23)31-12-13-35)26(37)32-15-25(36)33-21-16-34(17-21)22-9-6-19(7-10-22)18-4-2-1-3-5-18/h1-5,8,11,14,19,21-22,31,35H,6-7,9-10,12-13,15-17H2,(H,32,37)(H,33,36)/t19-,22+. The molecule has 7 nitrogen and oxygen atoms in total. The van der Waals surface area contributed by atoms with E-state index in [1.165, 1.54) is 11.6 Å². The van der Waals surface area contributed by atoms with E-state index in [2.05, 4.69) is 45.1 Å². The Morgan fingerprint density at radius 2 is 1.70 bits per heavy atom. The average molecular weight is 519 g/mol. The number of hydrogen-bond donors (Lipinski definition) is 4. The van der Waals surface area contributed by atoms with Crippen molar-refractivity contribution < 1.29 is 27.9 Å². The first kappa shape index (κ1) is 26.9. The van der Waals surface area contributed by atoms with E-state index in [-0.39, 0.29) is 42.9 Å². The van der Waals surface area contributed by atoms with Gasteiger partial charge in [0.15, 0.2) is 0 Å². The highest BCUT2D eigenvalue weighted by Crippen LogP contribution is 2.36. The second kappa shape index (κ2) is 12.0. The van der Waals surface area contributed by atoms with Crippen molar-refractivity contribution in [3.05, 3.63) is 65.2 Å². The fourth-order valence-corrected chi connectivity index (χ4v) is 5.21. The van der Waals surface area contributed by atoms with Gasteiger partial charge in [-0.05, 0) is 55.4 Å². The highest BCUT2D eigenvalue weighted by molar-refractivity contribution is 5.97. The molecule has 0 radical (unpaired) electrons. The molecular weight excluding hydrogens is 485 g/mol. The van der Waals surface area contributed by atoms with Crippen molar-refractivity contribution in [3.8, 4) is 0 Å². The van der Waals surface area contributed by atoms with Crippen molar-refractivity contribution >= 4 is 17.5 Å². The van der Waals surface area contributed by atoms with Crippen LogP contribution in [0.5, 0.6) is 0 Å². The Kier molecular flexibility index (Phi) is 8.71. The molecule has 2 amide bonds. The number of carbonyl (C=O) groups is 2. The van der Waals surface area contributed by atoms with Crippen LogP contribution < -0.4 is 16.0 Å². The van der Waals surface area contributed by atoms with Crippen LogP contribution in [0.15, 0.2) is 48.5 Å². The van der Waals surface area contributed by atoms with Gasteiger partial charge in [0.05, 0.1) is 24.8 Å². The molecule has 10 heteroatoms. The Hall–Kier alpha value is -3.11. The summed E-state index contributed by atoms with van der Waals surface area (Å²) >= 11 is 0. The zero-order valence-corrected chi connectivity index (χ0v) is 20.6. The van der Waals surface area contributed by atoms with Gasteiger partial charge < -0.3 is 21.1 Å². The molecule has 1 aliphatic carbocycles. The molecule has 0 unspecified atom stereocenters. The number of amides is 2. The van der Waals surface area contributed by atoms with E-state index in [0.717, 1.165) is 50.9 Å². The molecule has 4 N–H and O–H groups in total. The molecule has 2 aromatic rings. The lowest BCUT2D eigenvalue weighted by atomic mass is 9.80. The van der Waals surface area contributed by atoms with Crippen molar-refractivity contribution in [2.24, 2.45) is 0 Å². The monoisotopic (exact) mass is 518 g/mol. The molecule has 4 rings (SSSR count). The second-order valence-corrected chi connectivity index (χ2v) is 9.73. The van der Waals surface area contributed by atoms with Crippen LogP contribution in [-0.2, 0) is 11.0 Å². The highest BCUT2D eigenvalue weighted by atomic mass is 19.4. The van der Waals surface area contributed by atoms with Crippen LogP contribution in [0.3, 0.4) is 0 Å². The molecule has 1 heterocycles. The van der Waals surface area contributed by atoms with Gasteiger partial charge in [-0.25, -0.2) is 0 Å². The predicted octanol–water partition coefficient (Wildman–Crippen LogP) is 3.37. The number of rotatable bonds is 9. The summed E-state index contributed by atoms with van der Waals surface area (Å²) in [5.41, 5.74) is -0.0272. The van der Waals surface area contributed by atoms with Crippen LogP contribution in [0, 0.1) is 0 Å². The molecule has 0 atom stereocenters. The van der Waals surface area contributed by atoms with E-state index in [4.69, 9.17) is 5.11 Å². The third-order valence-electron chi connectivity index (χ3n) is 7.18. The number of alkyl halides is 3. The number of hydrogen-bond acceptors (Lipinski definition) is 5. The fourth-order valence-electron chi connectivity index (χ4n) is 5.21. The third kappa shape index (κ3) is 7.01. The van der Waals surface area contributed by atoms with Crippen LogP contribution in [0.25, 0.3) is 0 Å². The minimum atomic E-state index is -4.68. The molecule has 37 heavy (non-hydrogen) atoms. The minimum absolute atomic E-state index is 0.00460. The maximum Gasteiger partial charge on any atom is 0.418 e. The van der Waals surface area contributed by atoms with Crippen LogP contribution in [0.1, 0.15) is 53.1 Å². The summed E-state index contributed by atoms with van der Waals surface area (Å²) < 4.78 is 40.1. The first-order chi connectivity index (χ1) is 17.7. The molecule has 1 aliphatic heterocycles. The minimum Gasteiger partial charge on any atom is -0.395 e. The lowest BCUT2D eigenvalue weighted by molar-refractivity contribution is -0.137. The zero-order valence-electron chi connectivity index (χ0n) is 20.6. The quantitative estimate of drug-likeness (QED) is 0.409. The Bertz CT molecular complexity index is 1070. The zero-order chi connectivity index (χ0) is 26.4. The maximum atomic E-state index is 13.4. The lowest BCUT2D eigenvalue weighted by Gasteiger charge is -2.46. The number of nitrogens with zero attached hydrogens (tertiary/aromatic N) is 1. The van der Waals surface area contributed by atoms with Gasteiger partial charge in [0, 0.05) is 36.9 Å². The van der Waals surface area contributed by atoms with E-state index in [9.17, 15) is 22.8 Å². The van der Waals surface area contributed by atoms with Crippen LogP contribution in [0.2, 0.25) is 0 Å². The van der Waals surface area contributed by atoms with Gasteiger partial charge in [-0.15, -0.1) is 0 Å². The number of benzene rings is 2. The molecule has 200 valence electrons. The number of likely N-dealkylation sites (tertiary alicyclic amines) is 1. The SMILES string of the molecule is O=C(CNC(=O)c1ccc(NCCO)c(C(F)(F)F)c1)NC1CN([C@H]2CC[C@@H](c3ccccc3)CC2)C1. The summed E-state index contributed by atoms with van der Waals surface area (Å²) in [6.07, 6.45) is -0.108. The normalized spacial score (nSPS) is 20.6. The van der Waals surface area contributed by atoms with Gasteiger partial charge in [0.2, 0.25) is 5.91 Å². The second-order valence-electron chi connectivity index (χ2n) is 9.73. The van der Waals surface area contributed by atoms with E-state index in [1.54, 1.807) is 0 Å². The number of nitrogens with one attached hydrogen (secondary N) is 3. The Morgan fingerprint density at radius 1 is 1.00 bits per heavy atom. The maximum absolute atomic E-state index is 13.4. The van der Waals surface area contributed by atoms with Crippen LogP contribution in [-0.4, -0.2) is 66.7 Å². The van der Waals surface area contributed by atoms with Crippen molar-refractivity contribution in [2.45, 2.75) is 49.9 Å². The summed E-state index contributed by atoms with van der Waals surface area (Å²) in [6.45, 7) is 0.823. The van der Waals surface area contributed by atoms with Gasteiger partial charge in [0.25, 0.3) is 5.91 Å². The molecule has 0 aromatic heterocycles. The molecular formula is C27H33F3N4O3. The number of aliphatic hydroxyl groups excluding tert-OH is 1. The molecule has 2 aromatic carbocycles. The number of anilines is 1. The van der Waals surface area contributed by atoms with Crippen molar-refractivity contribution in [2.75, 3.05) is 38.1 Å². The largest absolute Gasteiger partial charge is 0.418 e. The smallest absolute Gasteiger partial charge is 0.395 e. The molecule has 2 aliphatic rings. The van der Waals surface area contributed by atoms with Crippen molar-refractivity contribution in [1.29, 1.82) is 0 Å². The van der Waals surface area contributed by atoms with Gasteiger partial charge in [-0.2, -0.15) is 13.2 Å². The molecule has 0 bridgehead atoms. The topological polar surface area (TPSA) is 93.7 Å². The van der Waals surface area contributed by atoms with Gasteiger partial charge in [-0.1, -0.05) is 30.3 Å². The van der Waals surface area contributed by atoms with E-state index < -0.39 is 17.6 Å². The number of aliphatic hydroxyl groups is 1. The summed E-state index contributed by atoms with van der Waals surface area (Å²) in [5.74, 6) is -0.527. The molecule has 2 fully saturated rings. The predicted molar refractivity (Wildman–Crippen MR) is 134 cm³/mol. The lowest BCUT2D eigenvalue weighted by Crippen LogP contribution is -2.63. The Labute approximate surface area is 214 Å².